The number of likely N-dealkylation sites (N-methyl/N-ethyl adjacent to an activating group) is 1. The van der Waals surface area contributed by atoms with Gasteiger partial charge in [-0.05, 0) is 36.9 Å². The number of esters is 1. The van der Waals surface area contributed by atoms with Gasteiger partial charge in [0.1, 0.15) is 19.0 Å². The van der Waals surface area contributed by atoms with Gasteiger partial charge in [-0.1, -0.05) is 18.2 Å². The number of benzene rings is 2. The SMILES string of the molecule is CN1CCN(c2cc(CC(=O)OCC3COc4ccccc4O3)ccc2O)CC1. The molecule has 0 amide bonds. The summed E-state index contributed by atoms with van der Waals surface area (Å²) in [5, 5.41) is 10.2. The highest BCUT2D eigenvalue weighted by Crippen LogP contribution is 2.31. The van der Waals surface area contributed by atoms with Gasteiger partial charge in [-0.25, -0.2) is 0 Å². The molecule has 1 saturated heterocycles. The molecule has 2 aromatic carbocycles. The van der Waals surface area contributed by atoms with E-state index in [0.29, 0.717) is 18.1 Å². The number of fused-ring (bicyclic) bond motifs is 1. The van der Waals surface area contributed by atoms with Crippen LogP contribution in [0.25, 0.3) is 0 Å². The second-order valence-electron chi connectivity index (χ2n) is 7.47. The van der Waals surface area contributed by atoms with E-state index < -0.39 is 0 Å². The van der Waals surface area contributed by atoms with Gasteiger partial charge in [0.25, 0.3) is 0 Å². The summed E-state index contributed by atoms with van der Waals surface area (Å²) in [4.78, 5) is 16.7. The number of para-hydroxylation sites is 2. The number of phenols is 1. The molecule has 0 aliphatic carbocycles. The topological polar surface area (TPSA) is 71.5 Å². The highest BCUT2D eigenvalue weighted by molar-refractivity contribution is 5.74. The summed E-state index contributed by atoms with van der Waals surface area (Å²) >= 11 is 0. The molecule has 2 aliphatic heterocycles. The highest BCUT2D eigenvalue weighted by atomic mass is 16.6. The number of hydrogen-bond acceptors (Lipinski definition) is 7. The van der Waals surface area contributed by atoms with E-state index in [-0.39, 0.29) is 30.9 Å². The monoisotopic (exact) mass is 398 g/mol. The minimum absolute atomic E-state index is 0.135. The van der Waals surface area contributed by atoms with Crippen LogP contribution in [-0.2, 0) is 16.0 Å². The third-order valence-electron chi connectivity index (χ3n) is 5.23. The van der Waals surface area contributed by atoms with Crippen molar-refractivity contribution in [2.75, 3.05) is 51.3 Å². The predicted octanol–water partition coefficient (Wildman–Crippen LogP) is 2.07. The lowest BCUT2D eigenvalue weighted by atomic mass is 10.1. The van der Waals surface area contributed by atoms with E-state index in [0.717, 1.165) is 37.4 Å². The minimum atomic E-state index is -0.331. The van der Waals surface area contributed by atoms with Crippen LogP contribution in [0.2, 0.25) is 0 Å². The maximum absolute atomic E-state index is 12.3. The maximum atomic E-state index is 12.3. The van der Waals surface area contributed by atoms with Crippen LogP contribution in [0.15, 0.2) is 42.5 Å². The summed E-state index contributed by atoms with van der Waals surface area (Å²) in [5.41, 5.74) is 1.58. The molecule has 1 fully saturated rings. The van der Waals surface area contributed by atoms with Gasteiger partial charge in [-0.15, -0.1) is 0 Å². The van der Waals surface area contributed by atoms with E-state index in [9.17, 15) is 9.90 Å². The molecule has 0 spiro atoms. The Kier molecular flexibility index (Phi) is 5.76. The average molecular weight is 398 g/mol. The maximum Gasteiger partial charge on any atom is 0.310 e. The smallest absolute Gasteiger partial charge is 0.310 e. The summed E-state index contributed by atoms with van der Waals surface area (Å²) in [7, 11) is 2.09. The molecule has 0 bridgehead atoms. The van der Waals surface area contributed by atoms with Gasteiger partial charge in [0.2, 0.25) is 0 Å². The van der Waals surface area contributed by atoms with E-state index in [1.165, 1.54) is 0 Å². The first-order valence-electron chi connectivity index (χ1n) is 9.88. The van der Waals surface area contributed by atoms with Crippen LogP contribution in [0, 0.1) is 0 Å². The number of hydrogen-bond donors (Lipinski definition) is 1. The summed E-state index contributed by atoms with van der Waals surface area (Å²) in [6.45, 7) is 4.06. The van der Waals surface area contributed by atoms with Crippen molar-refractivity contribution in [1.29, 1.82) is 0 Å². The van der Waals surface area contributed by atoms with Crippen LogP contribution in [0.1, 0.15) is 5.56 Å². The Morgan fingerprint density at radius 3 is 2.69 bits per heavy atom. The number of carbonyl (C=O) groups is 1. The average Bonchev–Trinajstić information content (AvgIpc) is 2.74. The fourth-order valence-electron chi connectivity index (χ4n) is 3.53. The van der Waals surface area contributed by atoms with E-state index >= 15 is 0 Å². The largest absolute Gasteiger partial charge is 0.506 e. The number of nitrogens with zero attached hydrogens (tertiary/aromatic N) is 2. The van der Waals surface area contributed by atoms with Crippen LogP contribution >= 0.6 is 0 Å². The molecule has 2 heterocycles. The zero-order valence-electron chi connectivity index (χ0n) is 16.5. The second-order valence-corrected chi connectivity index (χ2v) is 7.47. The molecular formula is C22H26N2O5. The van der Waals surface area contributed by atoms with Crippen LogP contribution in [0.5, 0.6) is 17.2 Å². The van der Waals surface area contributed by atoms with Gasteiger partial charge in [0.15, 0.2) is 17.6 Å². The first kappa shape index (κ1) is 19.4. The summed E-state index contributed by atoms with van der Waals surface area (Å²) in [5.74, 6) is 1.27. The van der Waals surface area contributed by atoms with Crippen molar-refractivity contribution in [2.24, 2.45) is 0 Å². The Bertz CT molecular complexity index is 864. The highest BCUT2D eigenvalue weighted by Gasteiger charge is 2.22. The molecule has 154 valence electrons. The molecule has 7 heteroatoms. The van der Waals surface area contributed by atoms with Crippen LogP contribution in [0.4, 0.5) is 5.69 Å². The van der Waals surface area contributed by atoms with Crippen molar-refractivity contribution in [3.05, 3.63) is 48.0 Å². The molecule has 1 N–H and O–H groups in total. The van der Waals surface area contributed by atoms with Crippen molar-refractivity contribution in [2.45, 2.75) is 12.5 Å². The zero-order chi connectivity index (χ0) is 20.2. The van der Waals surface area contributed by atoms with E-state index in [2.05, 4.69) is 16.8 Å². The first-order valence-corrected chi connectivity index (χ1v) is 9.88. The molecule has 1 atom stereocenters. The van der Waals surface area contributed by atoms with Gasteiger partial charge in [0.05, 0.1) is 12.1 Å². The van der Waals surface area contributed by atoms with E-state index in [4.69, 9.17) is 14.2 Å². The Hall–Kier alpha value is -2.93. The van der Waals surface area contributed by atoms with Crippen molar-refractivity contribution in [3.8, 4) is 17.2 Å². The van der Waals surface area contributed by atoms with Gasteiger partial charge in [-0.3, -0.25) is 4.79 Å². The van der Waals surface area contributed by atoms with Gasteiger partial charge >= 0.3 is 5.97 Å². The Balaban J connectivity index is 1.31. The predicted molar refractivity (Wildman–Crippen MR) is 109 cm³/mol. The molecular weight excluding hydrogens is 372 g/mol. The lowest BCUT2D eigenvalue weighted by Gasteiger charge is -2.34. The summed E-state index contributed by atoms with van der Waals surface area (Å²) in [6.07, 6.45) is -0.180. The van der Waals surface area contributed by atoms with Crippen LogP contribution in [-0.4, -0.2) is 68.5 Å². The molecule has 4 rings (SSSR count). The second kappa shape index (κ2) is 8.61. The fourth-order valence-corrected chi connectivity index (χ4v) is 3.53. The number of carbonyl (C=O) groups excluding carboxylic acids is 1. The molecule has 2 aromatic rings. The third kappa shape index (κ3) is 4.74. The Morgan fingerprint density at radius 1 is 1.14 bits per heavy atom. The third-order valence-corrected chi connectivity index (χ3v) is 5.23. The van der Waals surface area contributed by atoms with E-state index in [1.54, 1.807) is 12.1 Å². The molecule has 0 radical (unpaired) electrons. The van der Waals surface area contributed by atoms with Gasteiger partial charge in [0, 0.05) is 26.2 Å². The molecule has 7 nitrogen and oxygen atoms in total. The number of piperazine rings is 1. The molecule has 1 unspecified atom stereocenters. The number of ether oxygens (including phenoxy) is 3. The lowest BCUT2D eigenvalue weighted by molar-refractivity contribution is -0.146. The number of rotatable bonds is 5. The zero-order valence-corrected chi connectivity index (χ0v) is 16.5. The van der Waals surface area contributed by atoms with Crippen LogP contribution in [0.3, 0.4) is 0 Å². The van der Waals surface area contributed by atoms with Crippen LogP contribution < -0.4 is 14.4 Å². The fraction of sp³-hybridized carbons (Fsp3) is 0.409. The Labute approximate surface area is 170 Å². The Morgan fingerprint density at radius 2 is 1.90 bits per heavy atom. The van der Waals surface area contributed by atoms with Crippen molar-refractivity contribution in [3.63, 3.8) is 0 Å². The molecule has 29 heavy (non-hydrogen) atoms. The quantitative estimate of drug-likeness (QED) is 0.773. The van der Waals surface area contributed by atoms with E-state index in [1.807, 2.05) is 30.3 Å². The standard InChI is InChI=1S/C22H26N2O5/c1-23-8-10-24(11-9-23)18-12-16(6-7-19(18)25)13-22(26)28-15-17-14-27-20-4-2-3-5-21(20)29-17/h2-7,12,17,25H,8-11,13-15H2,1H3. The number of aromatic hydroxyl groups is 1. The molecule has 0 aromatic heterocycles. The minimum Gasteiger partial charge on any atom is -0.506 e. The van der Waals surface area contributed by atoms with Crippen molar-refractivity contribution >= 4 is 11.7 Å². The first-order chi connectivity index (χ1) is 14.1. The number of phenolic OH excluding ortho intramolecular Hbond substituents is 1. The summed E-state index contributed by atoms with van der Waals surface area (Å²) in [6, 6.07) is 12.7. The van der Waals surface area contributed by atoms with Crippen molar-refractivity contribution < 1.29 is 24.1 Å². The van der Waals surface area contributed by atoms with Gasteiger partial charge in [-0.2, -0.15) is 0 Å². The lowest BCUT2D eigenvalue weighted by Crippen LogP contribution is -2.44. The van der Waals surface area contributed by atoms with Crippen molar-refractivity contribution in [1.82, 2.24) is 4.90 Å². The normalized spacial score (nSPS) is 19.1. The summed E-state index contributed by atoms with van der Waals surface area (Å²) < 4.78 is 16.9. The molecule has 2 aliphatic rings. The van der Waals surface area contributed by atoms with Gasteiger partial charge < -0.3 is 29.1 Å². The molecule has 0 saturated carbocycles. The number of anilines is 1.